The number of aryl methyl sites for hydroxylation is 2. The van der Waals surface area contributed by atoms with E-state index in [1.54, 1.807) is 24.3 Å². The van der Waals surface area contributed by atoms with E-state index in [0.717, 1.165) is 22.4 Å². The number of amides is 2. The monoisotopic (exact) mass is 406 g/mol. The van der Waals surface area contributed by atoms with Gasteiger partial charge in [-0.15, -0.1) is 0 Å². The molecule has 0 saturated carbocycles. The molecule has 4 nitrogen and oxygen atoms in total. The number of benzene rings is 3. The number of rotatable bonds is 6. The quantitative estimate of drug-likeness (QED) is 0.571. The summed E-state index contributed by atoms with van der Waals surface area (Å²) < 4.78 is 0. The molecule has 0 radical (unpaired) electrons. The van der Waals surface area contributed by atoms with Gasteiger partial charge in [0.25, 0.3) is 5.91 Å². The van der Waals surface area contributed by atoms with Crippen LogP contribution < -0.4 is 10.6 Å². The molecule has 0 aliphatic carbocycles. The Labute approximate surface area is 175 Å². The largest absolute Gasteiger partial charge is 0.345 e. The Balaban J connectivity index is 1.78. The van der Waals surface area contributed by atoms with Crippen molar-refractivity contribution in [1.29, 1.82) is 0 Å². The molecule has 1 atom stereocenters. The number of anilines is 1. The van der Waals surface area contributed by atoms with Gasteiger partial charge in [0.15, 0.2) is 0 Å². The predicted molar refractivity (Wildman–Crippen MR) is 117 cm³/mol. The van der Waals surface area contributed by atoms with Crippen LogP contribution >= 0.6 is 11.6 Å². The van der Waals surface area contributed by atoms with Crippen LogP contribution in [-0.2, 0) is 4.79 Å². The average molecular weight is 407 g/mol. The van der Waals surface area contributed by atoms with Crippen LogP contribution in [0.4, 0.5) is 5.69 Å². The fourth-order valence-electron chi connectivity index (χ4n) is 3.26. The summed E-state index contributed by atoms with van der Waals surface area (Å²) in [6.07, 6.45) is 0.104. The van der Waals surface area contributed by atoms with Crippen molar-refractivity contribution < 1.29 is 9.59 Å². The summed E-state index contributed by atoms with van der Waals surface area (Å²) in [5, 5.41) is 6.25. The highest BCUT2D eigenvalue weighted by Crippen LogP contribution is 2.21. The lowest BCUT2D eigenvalue weighted by Crippen LogP contribution is -2.31. The van der Waals surface area contributed by atoms with Gasteiger partial charge in [0.2, 0.25) is 5.91 Å². The van der Waals surface area contributed by atoms with Crippen molar-refractivity contribution in [2.45, 2.75) is 26.3 Å². The summed E-state index contributed by atoms with van der Waals surface area (Å²) in [5.41, 5.74) is 4.13. The van der Waals surface area contributed by atoms with Crippen LogP contribution in [0.25, 0.3) is 0 Å². The first kappa shape index (κ1) is 20.6. The molecule has 0 saturated heterocycles. The number of nitrogens with one attached hydrogen (secondary N) is 2. The Morgan fingerprint density at radius 1 is 0.897 bits per heavy atom. The lowest BCUT2D eigenvalue weighted by atomic mass is 10.0. The Morgan fingerprint density at radius 2 is 1.52 bits per heavy atom. The summed E-state index contributed by atoms with van der Waals surface area (Å²) >= 11 is 6.15. The third-order valence-corrected chi connectivity index (χ3v) is 4.85. The molecule has 1 unspecified atom stereocenters. The molecule has 3 rings (SSSR count). The Morgan fingerprint density at radius 3 is 2.17 bits per heavy atom. The predicted octanol–water partition coefficient (Wildman–Crippen LogP) is 5.46. The molecule has 0 fully saturated rings. The van der Waals surface area contributed by atoms with E-state index in [1.165, 1.54) is 0 Å². The minimum absolute atomic E-state index is 0.104. The van der Waals surface area contributed by atoms with E-state index >= 15 is 0 Å². The Bertz CT molecular complexity index is 998. The standard InChI is InChI=1S/C24H23ClN2O2/c1-16-12-17(2)14-19(13-16)26-23(28)15-22(18-8-4-3-5-9-18)27-24(29)20-10-6-7-11-21(20)25/h3-14,22H,15H2,1-2H3,(H,26,28)(H,27,29). The van der Waals surface area contributed by atoms with E-state index in [4.69, 9.17) is 11.6 Å². The first-order valence-corrected chi connectivity index (χ1v) is 9.78. The lowest BCUT2D eigenvalue weighted by molar-refractivity contribution is -0.116. The Kier molecular flexibility index (Phi) is 6.68. The molecule has 3 aromatic rings. The fourth-order valence-corrected chi connectivity index (χ4v) is 3.48. The number of halogens is 1. The molecule has 0 heterocycles. The minimum Gasteiger partial charge on any atom is -0.345 e. The molecule has 29 heavy (non-hydrogen) atoms. The normalized spacial score (nSPS) is 11.6. The maximum Gasteiger partial charge on any atom is 0.253 e. The lowest BCUT2D eigenvalue weighted by Gasteiger charge is -2.20. The van der Waals surface area contributed by atoms with E-state index in [-0.39, 0.29) is 18.2 Å². The molecular weight excluding hydrogens is 384 g/mol. The van der Waals surface area contributed by atoms with Gasteiger partial charge in [-0.1, -0.05) is 60.1 Å². The molecule has 0 bridgehead atoms. The highest BCUT2D eigenvalue weighted by Gasteiger charge is 2.20. The van der Waals surface area contributed by atoms with Gasteiger partial charge in [-0.05, 0) is 54.8 Å². The molecule has 2 amide bonds. The van der Waals surface area contributed by atoms with Crippen molar-refractivity contribution in [3.8, 4) is 0 Å². The van der Waals surface area contributed by atoms with Crippen LogP contribution in [0.1, 0.15) is 39.5 Å². The summed E-state index contributed by atoms with van der Waals surface area (Å²) in [6.45, 7) is 3.97. The number of hydrogen-bond donors (Lipinski definition) is 2. The highest BCUT2D eigenvalue weighted by atomic mass is 35.5. The van der Waals surface area contributed by atoms with Gasteiger partial charge in [0.1, 0.15) is 0 Å². The summed E-state index contributed by atoms with van der Waals surface area (Å²) in [5.74, 6) is -0.494. The summed E-state index contributed by atoms with van der Waals surface area (Å²) in [4.78, 5) is 25.5. The summed E-state index contributed by atoms with van der Waals surface area (Å²) in [7, 11) is 0. The van der Waals surface area contributed by atoms with Gasteiger partial charge in [-0.2, -0.15) is 0 Å². The van der Waals surface area contributed by atoms with Crippen molar-refractivity contribution in [3.63, 3.8) is 0 Å². The molecule has 2 N–H and O–H groups in total. The number of carbonyl (C=O) groups excluding carboxylic acids is 2. The maximum atomic E-state index is 12.8. The van der Waals surface area contributed by atoms with Gasteiger partial charge in [-0.25, -0.2) is 0 Å². The van der Waals surface area contributed by atoms with E-state index in [0.29, 0.717) is 10.6 Å². The number of hydrogen-bond acceptors (Lipinski definition) is 2. The van der Waals surface area contributed by atoms with Crippen LogP contribution in [0.2, 0.25) is 5.02 Å². The van der Waals surface area contributed by atoms with Gasteiger partial charge in [0.05, 0.1) is 23.0 Å². The van der Waals surface area contributed by atoms with Gasteiger partial charge < -0.3 is 10.6 Å². The zero-order valence-electron chi connectivity index (χ0n) is 16.4. The van der Waals surface area contributed by atoms with Crippen LogP contribution in [0.3, 0.4) is 0 Å². The van der Waals surface area contributed by atoms with Gasteiger partial charge >= 0.3 is 0 Å². The first-order chi connectivity index (χ1) is 13.9. The topological polar surface area (TPSA) is 58.2 Å². The molecule has 0 spiro atoms. The maximum absolute atomic E-state index is 12.8. The molecule has 0 aliphatic rings. The second-order valence-corrected chi connectivity index (χ2v) is 7.45. The second kappa shape index (κ2) is 9.39. The molecule has 148 valence electrons. The van der Waals surface area contributed by atoms with Crippen molar-refractivity contribution in [2.75, 3.05) is 5.32 Å². The minimum atomic E-state index is -0.481. The van der Waals surface area contributed by atoms with Crippen molar-refractivity contribution >= 4 is 29.1 Å². The van der Waals surface area contributed by atoms with Gasteiger partial charge in [0, 0.05) is 5.69 Å². The van der Waals surface area contributed by atoms with E-state index in [1.807, 2.05) is 62.4 Å². The van der Waals surface area contributed by atoms with Crippen LogP contribution in [-0.4, -0.2) is 11.8 Å². The van der Waals surface area contributed by atoms with E-state index in [9.17, 15) is 9.59 Å². The van der Waals surface area contributed by atoms with E-state index in [2.05, 4.69) is 10.6 Å². The van der Waals surface area contributed by atoms with Gasteiger partial charge in [-0.3, -0.25) is 9.59 Å². The molecule has 5 heteroatoms. The zero-order valence-corrected chi connectivity index (χ0v) is 17.2. The van der Waals surface area contributed by atoms with Crippen LogP contribution in [0.15, 0.2) is 72.8 Å². The molecule has 3 aromatic carbocycles. The van der Waals surface area contributed by atoms with Crippen LogP contribution in [0.5, 0.6) is 0 Å². The van der Waals surface area contributed by atoms with Crippen molar-refractivity contribution in [1.82, 2.24) is 5.32 Å². The van der Waals surface area contributed by atoms with Crippen molar-refractivity contribution in [3.05, 3.63) is 100 Å². The average Bonchev–Trinajstić information content (AvgIpc) is 2.67. The zero-order chi connectivity index (χ0) is 20.8. The summed E-state index contributed by atoms with van der Waals surface area (Å²) in [6, 6.07) is 21.7. The van der Waals surface area contributed by atoms with Crippen LogP contribution in [0, 0.1) is 13.8 Å². The first-order valence-electron chi connectivity index (χ1n) is 9.41. The molecule has 0 aromatic heterocycles. The third kappa shape index (κ3) is 5.69. The molecular formula is C24H23ClN2O2. The highest BCUT2D eigenvalue weighted by molar-refractivity contribution is 6.33. The van der Waals surface area contributed by atoms with E-state index < -0.39 is 6.04 Å². The number of carbonyl (C=O) groups is 2. The second-order valence-electron chi connectivity index (χ2n) is 7.05. The molecule has 0 aliphatic heterocycles. The fraction of sp³-hybridized carbons (Fsp3) is 0.167. The Hall–Kier alpha value is -3.11. The van der Waals surface area contributed by atoms with Crippen molar-refractivity contribution in [2.24, 2.45) is 0 Å². The SMILES string of the molecule is Cc1cc(C)cc(NC(=O)CC(NC(=O)c2ccccc2Cl)c2ccccc2)c1. The smallest absolute Gasteiger partial charge is 0.253 e. The third-order valence-electron chi connectivity index (χ3n) is 4.52.